The number of benzene rings is 1. The molecular formula is C12H13F2NO. The van der Waals surface area contributed by atoms with E-state index in [0.717, 1.165) is 0 Å². The van der Waals surface area contributed by atoms with Gasteiger partial charge in [0, 0.05) is 6.42 Å². The largest absolute Gasteiger partial charge is 0.487 e. The van der Waals surface area contributed by atoms with Crippen molar-refractivity contribution >= 4 is 0 Å². The lowest BCUT2D eigenvalue weighted by Gasteiger charge is -2.08. The van der Waals surface area contributed by atoms with Crippen molar-refractivity contribution in [2.24, 2.45) is 5.73 Å². The van der Waals surface area contributed by atoms with Crippen molar-refractivity contribution < 1.29 is 13.5 Å². The summed E-state index contributed by atoms with van der Waals surface area (Å²) < 4.78 is 31.7. The van der Waals surface area contributed by atoms with Gasteiger partial charge in [0.2, 0.25) is 0 Å². The number of nitrogens with two attached hydrogens (primary N) is 1. The van der Waals surface area contributed by atoms with Crippen molar-refractivity contribution in [1.29, 1.82) is 0 Å². The second-order valence-corrected chi connectivity index (χ2v) is 3.23. The standard InChI is InChI=1S/C12H13F2NO/c1-2-3-6-16-12-10(13)7-9(4-5-15)8-11(12)14/h1,7-8H,3-6,15H2. The Morgan fingerprint density at radius 3 is 2.44 bits per heavy atom. The minimum Gasteiger partial charge on any atom is -0.487 e. The first-order valence-corrected chi connectivity index (χ1v) is 4.93. The van der Waals surface area contributed by atoms with Crippen LogP contribution in [0.3, 0.4) is 0 Å². The molecule has 16 heavy (non-hydrogen) atoms. The van der Waals surface area contributed by atoms with Gasteiger partial charge >= 0.3 is 0 Å². The normalized spacial score (nSPS) is 9.88. The molecule has 0 aliphatic rings. The average molecular weight is 225 g/mol. The molecule has 0 amide bonds. The molecule has 0 spiro atoms. The number of ether oxygens (including phenoxy) is 1. The van der Waals surface area contributed by atoms with Gasteiger partial charge in [-0.25, -0.2) is 8.78 Å². The van der Waals surface area contributed by atoms with Crippen molar-refractivity contribution in [1.82, 2.24) is 0 Å². The van der Waals surface area contributed by atoms with Crippen LogP contribution in [0.4, 0.5) is 8.78 Å². The molecular weight excluding hydrogens is 212 g/mol. The number of hydrogen-bond acceptors (Lipinski definition) is 2. The van der Waals surface area contributed by atoms with E-state index in [1.165, 1.54) is 12.1 Å². The summed E-state index contributed by atoms with van der Waals surface area (Å²) in [5.41, 5.74) is 5.81. The topological polar surface area (TPSA) is 35.2 Å². The highest BCUT2D eigenvalue weighted by Crippen LogP contribution is 2.23. The fraction of sp³-hybridized carbons (Fsp3) is 0.333. The molecule has 4 heteroatoms. The number of terminal acetylenes is 1. The lowest BCUT2D eigenvalue weighted by atomic mass is 10.1. The third-order valence-corrected chi connectivity index (χ3v) is 1.98. The fourth-order valence-corrected chi connectivity index (χ4v) is 1.27. The second kappa shape index (κ2) is 6.09. The lowest BCUT2D eigenvalue weighted by molar-refractivity contribution is 0.292. The summed E-state index contributed by atoms with van der Waals surface area (Å²) in [5.74, 6) is 0.500. The van der Waals surface area contributed by atoms with Crippen LogP contribution in [-0.2, 0) is 6.42 Å². The van der Waals surface area contributed by atoms with Crippen LogP contribution >= 0.6 is 0 Å². The summed E-state index contributed by atoms with van der Waals surface area (Å²) in [4.78, 5) is 0. The summed E-state index contributed by atoms with van der Waals surface area (Å²) in [7, 11) is 0. The van der Waals surface area contributed by atoms with Crippen LogP contribution in [0.25, 0.3) is 0 Å². The smallest absolute Gasteiger partial charge is 0.190 e. The molecule has 2 nitrogen and oxygen atoms in total. The van der Waals surface area contributed by atoms with Gasteiger partial charge in [-0.1, -0.05) is 0 Å². The third kappa shape index (κ3) is 3.21. The minimum atomic E-state index is -0.722. The Morgan fingerprint density at radius 1 is 1.31 bits per heavy atom. The first kappa shape index (κ1) is 12.5. The highest BCUT2D eigenvalue weighted by atomic mass is 19.1. The molecule has 0 saturated carbocycles. The van der Waals surface area contributed by atoms with Gasteiger partial charge in [-0.2, -0.15) is 0 Å². The van der Waals surface area contributed by atoms with Crippen LogP contribution in [0.15, 0.2) is 12.1 Å². The predicted molar refractivity (Wildman–Crippen MR) is 58.1 cm³/mol. The molecule has 0 unspecified atom stereocenters. The van der Waals surface area contributed by atoms with Crippen LogP contribution in [0.5, 0.6) is 5.75 Å². The van der Waals surface area contributed by atoms with Crippen molar-refractivity contribution in [3.8, 4) is 18.1 Å². The van der Waals surface area contributed by atoms with E-state index in [-0.39, 0.29) is 12.4 Å². The zero-order valence-corrected chi connectivity index (χ0v) is 8.80. The lowest BCUT2D eigenvalue weighted by Crippen LogP contribution is -2.05. The molecule has 0 heterocycles. The average Bonchev–Trinajstić information content (AvgIpc) is 2.23. The molecule has 1 rings (SSSR count). The van der Waals surface area contributed by atoms with E-state index in [0.29, 0.717) is 24.9 Å². The van der Waals surface area contributed by atoms with E-state index >= 15 is 0 Å². The zero-order valence-electron chi connectivity index (χ0n) is 8.80. The summed E-state index contributed by atoms with van der Waals surface area (Å²) in [6.07, 6.45) is 5.74. The van der Waals surface area contributed by atoms with Gasteiger partial charge in [0.25, 0.3) is 0 Å². The summed E-state index contributed by atoms with van der Waals surface area (Å²) in [5, 5.41) is 0. The van der Waals surface area contributed by atoms with Gasteiger partial charge in [-0.3, -0.25) is 0 Å². The second-order valence-electron chi connectivity index (χ2n) is 3.23. The van der Waals surface area contributed by atoms with E-state index in [1.54, 1.807) is 0 Å². The molecule has 1 aromatic carbocycles. The highest BCUT2D eigenvalue weighted by Gasteiger charge is 2.12. The van der Waals surface area contributed by atoms with Gasteiger partial charge < -0.3 is 10.5 Å². The van der Waals surface area contributed by atoms with Crippen LogP contribution in [-0.4, -0.2) is 13.2 Å². The van der Waals surface area contributed by atoms with Gasteiger partial charge in [0.05, 0.1) is 6.61 Å². The Morgan fingerprint density at radius 2 is 1.94 bits per heavy atom. The fourth-order valence-electron chi connectivity index (χ4n) is 1.27. The molecule has 86 valence electrons. The van der Waals surface area contributed by atoms with Crippen molar-refractivity contribution in [3.05, 3.63) is 29.3 Å². The number of rotatable bonds is 5. The van der Waals surface area contributed by atoms with Crippen LogP contribution in [0.1, 0.15) is 12.0 Å². The van der Waals surface area contributed by atoms with E-state index in [9.17, 15) is 8.78 Å². The molecule has 1 aromatic rings. The monoisotopic (exact) mass is 225 g/mol. The predicted octanol–water partition coefficient (Wildman–Crippen LogP) is 1.87. The molecule has 0 bridgehead atoms. The summed E-state index contributed by atoms with van der Waals surface area (Å²) >= 11 is 0. The maximum Gasteiger partial charge on any atom is 0.190 e. The highest BCUT2D eigenvalue weighted by molar-refractivity contribution is 5.31. The Balaban J connectivity index is 2.81. The summed E-state index contributed by atoms with van der Waals surface area (Å²) in [6.45, 7) is 0.441. The Labute approximate surface area is 93.4 Å². The minimum absolute atomic E-state index is 0.0978. The number of hydrogen-bond donors (Lipinski definition) is 1. The van der Waals surface area contributed by atoms with Crippen LogP contribution in [0, 0.1) is 24.0 Å². The molecule has 2 N–H and O–H groups in total. The van der Waals surface area contributed by atoms with Gasteiger partial charge in [0.1, 0.15) is 0 Å². The molecule has 0 aromatic heterocycles. The van der Waals surface area contributed by atoms with Crippen molar-refractivity contribution in [2.75, 3.05) is 13.2 Å². The Bertz CT molecular complexity index is 375. The van der Waals surface area contributed by atoms with E-state index in [1.807, 2.05) is 0 Å². The molecule has 0 radical (unpaired) electrons. The Hall–Kier alpha value is -1.60. The van der Waals surface area contributed by atoms with Gasteiger partial charge in [0.15, 0.2) is 17.4 Å². The first-order chi connectivity index (χ1) is 7.69. The van der Waals surface area contributed by atoms with Gasteiger partial charge in [-0.15, -0.1) is 12.3 Å². The molecule has 0 atom stereocenters. The molecule has 0 aliphatic carbocycles. The molecule has 0 fully saturated rings. The van der Waals surface area contributed by atoms with Crippen molar-refractivity contribution in [3.63, 3.8) is 0 Å². The molecule has 0 saturated heterocycles. The van der Waals surface area contributed by atoms with E-state index < -0.39 is 11.6 Å². The van der Waals surface area contributed by atoms with E-state index in [2.05, 4.69) is 5.92 Å². The van der Waals surface area contributed by atoms with E-state index in [4.69, 9.17) is 16.9 Å². The maximum atomic E-state index is 13.4. The van der Waals surface area contributed by atoms with Gasteiger partial charge in [-0.05, 0) is 30.7 Å². The SMILES string of the molecule is C#CCCOc1c(F)cc(CCN)cc1F. The van der Waals surface area contributed by atoms with Crippen LogP contribution < -0.4 is 10.5 Å². The quantitative estimate of drug-likeness (QED) is 0.613. The maximum absolute atomic E-state index is 13.4. The number of halogens is 2. The summed E-state index contributed by atoms with van der Waals surface area (Å²) in [6, 6.07) is 2.45. The first-order valence-electron chi connectivity index (χ1n) is 4.93. The van der Waals surface area contributed by atoms with Crippen LogP contribution in [0.2, 0.25) is 0 Å². The third-order valence-electron chi connectivity index (χ3n) is 1.98. The molecule has 0 aliphatic heterocycles. The van der Waals surface area contributed by atoms with Crippen molar-refractivity contribution in [2.45, 2.75) is 12.8 Å². The zero-order chi connectivity index (χ0) is 12.0. The Kier molecular flexibility index (Phi) is 4.74.